The number of hydrogen-bond donors (Lipinski definition) is 1. The molecule has 1 aromatic heterocycles. The smallest absolute Gasteiger partial charge is 0.235 e. The number of pyridine rings is 1. The minimum Gasteiger partial charge on any atom is -0.378 e. The summed E-state index contributed by atoms with van der Waals surface area (Å²) in [7, 11) is 3.37. The van der Waals surface area contributed by atoms with E-state index in [1.54, 1.807) is 33.2 Å². The second kappa shape index (κ2) is 9.75. The molecule has 33 heavy (non-hydrogen) atoms. The lowest BCUT2D eigenvalue weighted by Gasteiger charge is -2.32. The third-order valence-electron chi connectivity index (χ3n) is 5.85. The third-order valence-corrected chi connectivity index (χ3v) is 6.86. The highest BCUT2D eigenvalue weighted by Gasteiger charge is 2.41. The summed E-state index contributed by atoms with van der Waals surface area (Å²) in [6.45, 7) is 3.70. The zero-order valence-electron chi connectivity index (χ0n) is 19.0. The number of aliphatic imine (C=N–C) groups is 1. The number of carbonyl (C=O) groups excluding carboxylic acids is 1. The molecule has 0 fully saturated rings. The number of terminal acetylenes is 1. The van der Waals surface area contributed by atoms with Crippen molar-refractivity contribution >= 4 is 34.7 Å². The predicted molar refractivity (Wildman–Crippen MR) is 130 cm³/mol. The minimum atomic E-state index is -1.03. The molecule has 1 amide bonds. The van der Waals surface area contributed by atoms with E-state index in [1.807, 2.05) is 6.92 Å². The van der Waals surface area contributed by atoms with Crippen LogP contribution in [0.1, 0.15) is 42.7 Å². The lowest BCUT2D eigenvalue weighted by atomic mass is 9.78. The zero-order valence-corrected chi connectivity index (χ0v) is 19.8. The maximum absolute atomic E-state index is 15.0. The Balaban J connectivity index is 1.98. The van der Waals surface area contributed by atoms with E-state index < -0.39 is 22.4 Å². The van der Waals surface area contributed by atoms with Gasteiger partial charge in [-0.25, -0.2) is 8.78 Å². The van der Waals surface area contributed by atoms with Gasteiger partial charge in [-0.3, -0.25) is 14.8 Å². The summed E-state index contributed by atoms with van der Waals surface area (Å²) < 4.78 is 29.8. The average molecular weight is 469 g/mol. The van der Waals surface area contributed by atoms with Crippen LogP contribution in [0.4, 0.5) is 8.78 Å². The van der Waals surface area contributed by atoms with E-state index in [9.17, 15) is 9.18 Å². The topological polar surface area (TPSA) is 71.6 Å². The van der Waals surface area contributed by atoms with E-state index >= 15 is 4.39 Å². The highest BCUT2D eigenvalue weighted by atomic mass is 32.2. The van der Waals surface area contributed by atoms with Gasteiger partial charge in [0.15, 0.2) is 5.17 Å². The largest absolute Gasteiger partial charge is 0.378 e. The first-order chi connectivity index (χ1) is 15.5. The Labute approximate surface area is 197 Å². The van der Waals surface area contributed by atoms with E-state index in [0.29, 0.717) is 17.5 Å². The molecule has 3 atom stereocenters. The number of nitrogens with zero attached hydrogens (tertiary/aromatic N) is 3. The quantitative estimate of drug-likeness (QED) is 0.674. The second-order valence-electron chi connectivity index (χ2n) is 8.38. The van der Waals surface area contributed by atoms with Crippen molar-refractivity contribution in [1.82, 2.24) is 9.88 Å². The maximum atomic E-state index is 15.0. The summed E-state index contributed by atoms with van der Waals surface area (Å²) in [5.74, 6) is 1.09. The molecule has 0 radical (unpaired) electrons. The van der Waals surface area contributed by atoms with Crippen LogP contribution in [0.2, 0.25) is 0 Å². The van der Waals surface area contributed by atoms with Gasteiger partial charge in [0.2, 0.25) is 5.91 Å². The Bertz CT molecular complexity index is 1150. The summed E-state index contributed by atoms with van der Waals surface area (Å²) >= 11 is 1.19. The van der Waals surface area contributed by atoms with Crippen molar-refractivity contribution in [2.45, 2.75) is 31.1 Å². The van der Waals surface area contributed by atoms with Crippen molar-refractivity contribution in [3.63, 3.8) is 0 Å². The number of rotatable bonds is 4. The van der Waals surface area contributed by atoms with Gasteiger partial charge >= 0.3 is 0 Å². The fourth-order valence-corrected chi connectivity index (χ4v) is 4.97. The van der Waals surface area contributed by atoms with Gasteiger partial charge in [0.05, 0.1) is 16.5 Å². The summed E-state index contributed by atoms with van der Waals surface area (Å²) in [5.41, 5.74) is 6.51. The molecule has 2 heterocycles. The molecule has 2 N–H and O–H groups in total. The number of hydrogen-bond acceptors (Lipinski definition) is 5. The molecule has 0 saturated carbocycles. The zero-order chi connectivity index (χ0) is 24.3. The molecule has 3 rings (SSSR count). The third kappa shape index (κ3) is 5.25. The Hall–Kier alpha value is -3.18. The number of nitrogens with two attached hydrogens (primary N) is 1. The van der Waals surface area contributed by atoms with Gasteiger partial charge in [-0.2, -0.15) is 0 Å². The molecule has 8 heteroatoms. The standard InChI is InChI=1S/C25H26F2N4OS/c1-6-16-8-10-21(29-14-16)20(27)13-17-7-9-19(26)18(12-17)25(3)15(2)11-22(23(32)31(4)5)33-24(28)30-25/h1,7-10,12-15,22H,11H2,2-5H3,(H2,28,30)/b20-13-/t15-,22?,25+/m1/s1. The van der Waals surface area contributed by atoms with Gasteiger partial charge in [0.1, 0.15) is 11.6 Å². The average Bonchev–Trinajstić information content (AvgIpc) is 2.90. The number of aromatic nitrogens is 1. The molecule has 0 spiro atoms. The number of thioether (sulfide) groups is 1. The van der Waals surface area contributed by atoms with Crippen molar-refractivity contribution in [3.05, 3.63) is 64.7 Å². The lowest BCUT2D eigenvalue weighted by molar-refractivity contribution is -0.128. The highest BCUT2D eigenvalue weighted by molar-refractivity contribution is 8.14. The van der Waals surface area contributed by atoms with Crippen LogP contribution in [-0.4, -0.2) is 40.3 Å². The normalized spacial score (nSPS) is 23.3. The number of halogens is 2. The molecule has 1 aromatic carbocycles. The van der Waals surface area contributed by atoms with Crippen molar-refractivity contribution in [2.24, 2.45) is 16.6 Å². The van der Waals surface area contributed by atoms with E-state index in [0.717, 1.165) is 0 Å². The molecule has 1 aliphatic heterocycles. The van der Waals surface area contributed by atoms with Gasteiger partial charge in [-0.15, -0.1) is 6.42 Å². The van der Waals surface area contributed by atoms with Gasteiger partial charge in [-0.1, -0.05) is 30.7 Å². The van der Waals surface area contributed by atoms with E-state index in [4.69, 9.17) is 12.2 Å². The number of amidine groups is 1. The van der Waals surface area contributed by atoms with Gasteiger partial charge in [-0.05, 0) is 55.2 Å². The van der Waals surface area contributed by atoms with Crippen LogP contribution >= 0.6 is 11.8 Å². The minimum absolute atomic E-state index is 0.0724. The van der Waals surface area contributed by atoms with Gasteiger partial charge < -0.3 is 10.6 Å². The molecule has 5 nitrogen and oxygen atoms in total. The Kier molecular flexibility index (Phi) is 7.23. The Morgan fingerprint density at radius 3 is 2.70 bits per heavy atom. The second-order valence-corrected chi connectivity index (χ2v) is 9.60. The Morgan fingerprint density at radius 1 is 1.36 bits per heavy atom. The van der Waals surface area contributed by atoms with Crippen LogP contribution in [0.3, 0.4) is 0 Å². The molecule has 0 aliphatic carbocycles. The summed E-state index contributed by atoms with van der Waals surface area (Å²) in [6.07, 6.45) is 8.46. The van der Waals surface area contributed by atoms with Crippen LogP contribution in [-0.2, 0) is 10.3 Å². The fourth-order valence-electron chi connectivity index (χ4n) is 3.74. The highest BCUT2D eigenvalue weighted by Crippen LogP contribution is 2.43. The van der Waals surface area contributed by atoms with Crippen molar-refractivity contribution in [3.8, 4) is 12.3 Å². The molecule has 0 saturated heterocycles. The summed E-state index contributed by atoms with van der Waals surface area (Å²) in [6, 6.07) is 7.42. The molecular weight excluding hydrogens is 442 g/mol. The van der Waals surface area contributed by atoms with Crippen LogP contribution in [0.5, 0.6) is 0 Å². The van der Waals surface area contributed by atoms with Crippen LogP contribution in [0.25, 0.3) is 11.9 Å². The fraction of sp³-hybridized carbons (Fsp3) is 0.320. The molecule has 172 valence electrons. The number of benzene rings is 1. The number of carbonyl (C=O) groups is 1. The SMILES string of the molecule is C#Cc1ccc(/C(F)=C/c2ccc(F)c([C@@]3(C)N=C(N)SC(C(=O)N(C)C)C[C@H]3C)c2)nc1. The van der Waals surface area contributed by atoms with Crippen LogP contribution < -0.4 is 5.73 Å². The van der Waals surface area contributed by atoms with Crippen molar-refractivity contribution < 1.29 is 13.6 Å². The van der Waals surface area contributed by atoms with Gasteiger partial charge in [0.25, 0.3) is 0 Å². The molecule has 0 bridgehead atoms. The molecule has 2 aromatic rings. The van der Waals surface area contributed by atoms with E-state index in [-0.39, 0.29) is 28.3 Å². The van der Waals surface area contributed by atoms with Crippen molar-refractivity contribution in [2.75, 3.05) is 14.1 Å². The summed E-state index contributed by atoms with van der Waals surface area (Å²) in [5, 5.41) is -0.201. The monoisotopic (exact) mass is 468 g/mol. The van der Waals surface area contributed by atoms with Crippen molar-refractivity contribution in [1.29, 1.82) is 0 Å². The molecule has 1 unspecified atom stereocenters. The number of amides is 1. The van der Waals surface area contributed by atoms with Crippen LogP contribution in [0, 0.1) is 24.1 Å². The van der Waals surface area contributed by atoms with Gasteiger partial charge in [0, 0.05) is 31.4 Å². The van der Waals surface area contributed by atoms with Crippen LogP contribution in [0.15, 0.2) is 41.5 Å². The maximum Gasteiger partial charge on any atom is 0.235 e. The van der Waals surface area contributed by atoms with E-state index in [1.165, 1.54) is 47.1 Å². The molecule has 1 aliphatic rings. The van der Waals surface area contributed by atoms with E-state index in [2.05, 4.69) is 15.9 Å². The molecular formula is C25H26F2N4OS. The first kappa shape index (κ1) is 24.5. The first-order valence-corrected chi connectivity index (χ1v) is 11.3. The first-order valence-electron chi connectivity index (χ1n) is 10.4. The predicted octanol–water partition coefficient (Wildman–Crippen LogP) is 4.43. The Morgan fingerprint density at radius 2 is 2.09 bits per heavy atom. The summed E-state index contributed by atoms with van der Waals surface area (Å²) in [4.78, 5) is 22.7. The lowest BCUT2D eigenvalue weighted by Crippen LogP contribution is -2.35.